The Morgan fingerprint density at radius 3 is 2.51 bits per heavy atom. The molecule has 3 atom stereocenters. The molecular formula is C27H34FN3O5S. The Morgan fingerprint density at radius 1 is 1.22 bits per heavy atom. The van der Waals surface area contributed by atoms with E-state index in [1.54, 1.807) is 38.2 Å². The van der Waals surface area contributed by atoms with Crippen LogP contribution in [-0.4, -0.2) is 73.7 Å². The summed E-state index contributed by atoms with van der Waals surface area (Å²) >= 11 is 0. The number of ether oxygens (including phenoxy) is 1. The first-order valence-corrected chi connectivity index (χ1v) is 13.6. The Hall–Kier alpha value is -3.13. The van der Waals surface area contributed by atoms with Crippen LogP contribution < -0.4 is 10.1 Å². The Kier molecular flexibility index (Phi) is 9.18. The summed E-state index contributed by atoms with van der Waals surface area (Å²) in [6.07, 6.45) is -0.544. The average Bonchev–Trinajstić information content (AvgIpc) is 2.83. The van der Waals surface area contributed by atoms with Gasteiger partial charge in [-0.05, 0) is 57.2 Å². The van der Waals surface area contributed by atoms with Crippen molar-refractivity contribution in [1.82, 2.24) is 14.5 Å². The van der Waals surface area contributed by atoms with E-state index in [4.69, 9.17) is 4.74 Å². The largest absolute Gasteiger partial charge is 0.487 e. The number of amides is 2. The first-order chi connectivity index (χ1) is 17.4. The Labute approximate surface area is 218 Å². The molecule has 3 rings (SSSR count). The van der Waals surface area contributed by atoms with Gasteiger partial charge < -0.3 is 20.1 Å². The number of likely N-dealkylation sites (N-methyl/N-ethyl adjacent to an activating group) is 1. The predicted octanol–water partition coefficient (Wildman–Crippen LogP) is 3.04. The van der Waals surface area contributed by atoms with Gasteiger partial charge in [-0.2, -0.15) is 4.31 Å². The smallest absolute Gasteiger partial charge is 0.317 e. The van der Waals surface area contributed by atoms with E-state index in [2.05, 4.69) is 17.2 Å². The first kappa shape index (κ1) is 28.4. The molecule has 1 aliphatic heterocycles. The molecule has 1 heterocycles. The number of fused-ring (bicyclic) bond motifs is 1. The Bertz CT molecular complexity index is 1290. The molecule has 2 amide bonds. The SMILES string of the molecule is CC(C)NC(=O)N(C)C[C@H]1Oc2cc(C#Cc3cccc(F)c3)ccc2S(=O)(=O)N([C@H](C)CO)C[C@@H]1C. The summed E-state index contributed by atoms with van der Waals surface area (Å²) in [6, 6.07) is 9.44. The molecule has 0 aromatic heterocycles. The van der Waals surface area contributed by atoms with Crippen LogP contribution in [0.5, 0.6) is 5.75 Å². The topological polar surface area (TPSA) is 99.2 Å². The standard InChI is InChI=1S/C27H34FN3O5S/c1-18(2)29-27(33)30(5)16-25-19(3)15-31(20(4)17-32)37(34,35)26-12-11-22(14-24(26)36-25)10-9-21-7-6-8-23(28)13-21/h6-8,11-14,18-20,25,32H,15-17H2,1-5H3,(H,29,33)/t19-,20+,25+/m0/s1. The molecule has 0 spiro atoms. The van der Waals surface area contributed by atoms with Crippen LogP contribution >= 0.6 is 0 Å². The van der Waals surface area contributed by atoms with Gasteiger partial charge in [0.1, 0.15) is 22.6 Å². The molecule has 0 bridgehead atoms. The van der Waals surface area contributed by atoms with Gasteiger partial charge in [0, 0.05) is 42.7 Å². The van der Waals surface area contributed by atoms with Crippen molar-refractivity contribution in [3.05, 3.63) is 59.4 Å². The molecule has 8 nitrogen and oxygen atoms in total. The number of rotatable bonds is 5. The molecule has 2 aromatic rings. The van der Waals surface area contributed by atoms with Crippen molar-refractivity contribution in [3.63, 3.8) is 0 Å². The van der Waals surface area contributed by atoms with Crippen molar-refractivity contribution in [1.29, 1.82) is 0 Å². The zero-order chi connectivity index (χ0) is 27.3. The van der Waals surface area contributed by atoms with Crippen molar-refractivity contribution in [3.8, 4) is 17.6 Å². The second-order valence-electron chi connectivity index (χ2n) is 9.65. The molecule has 2 aromatic carbocycles. The number of aliphatic hydroxyl groups excluding tert-OH is 1. The maximum atomic E-state index is 13.6. The van der Waals surface area contributed by atoms with Crippen molar-refractivity contribution < 1.29 is 27.4 Å². The van der Waals surface area contributed by atoms with Crippen LogP contribution in [0.4, 0.5) is 9.18 Å². The summed E-state index contributed by atoms with van der Waals surface area (Å²) in [4.78, 5) is 14.0. The average molecular weight is 532 g/mol. The van der Waals surface area contributed by atoms with Crippen LogP contribution in [0.3, 0.4) is 0 Å². The molecule has 10 heteroatoms. The fraction of sp³-hybridized carbons (Fsp3) is 0.444. The van der Waals surface area contributed by atoms with Crippen molar-refractivity contribution >= 4 is 16.1 Å². The lowest BCUT2D eigenvalue weighted by Crippen LogP contribution is -2.51. The number of hydrogen-bond acceptors (Lipinski definition) is 5. The molecule has 0 saturated carbocycles. The maximum absolute atomic E-state index is 13.6. The van der Waals surface area contributed by atoms with Crippen molar-refractivity contribution in [2.45, 2.75) is 50.8 Å². The number of halogens is 1. The Balaban J connectivity index is 2.03. The number of benzene rings is 2. The minimum absolute atomic E-state index is 0.0448. The third-order valence-electron chi connectivity index (χ3n) is 6.06. The lowest BCUT2D eigenvalue weighted by atomic mass is 10.0. The van der Waals surface area contributed by atoms with Crippen molar-refractivity contribution in [2.24, 2.45) is 5.92 Å². The summed E-state index contributed by atoms with van der Waals surface area (Å²) in [6.45, 7) is 7.19. The van der Waals surface area contributed by atoms with E-state index < -0.39 is 28.0 Å². The van der Waals surface area contributed by atoms with Gasteiger partial charge in [0.05, 0.1) is 13.2 Å². The fourth-order valence-corrected chi connectivity index (χ4v) is 5.77. The number of aliphatic hydroxyl groups is 1. The highest BCUT2D eigenvalue weighted by atomic mass is 32.2. The highest BCUT2D eigenvalue weighted by molar-refractivity contribution is 7.89. The maximum Gasteiger partial charge on any atom is 0.317 e. The number of nitrogens with one attached hydrogen (secondary N) is 1. The summed E-state index contributed by atoms with van der Waals surface area (Å²) in [5, 5.41) is 12.6. The van der Waals surface area contributed by atoms with Crippen LogP contribution in [0.1, 0.15) is 38.8 Å². The van der Waals surface area contributed by atoms with Gasteiger partial charge >= 0.3 is 6.03 Å². The highest BCUT2D eigenvalue weighted by Gasteiger charge is 2.38. The van der Waals surface area contributed by atoms with Crippen LogP contribution in [0.25, 0.3) is 0 Å². The number of nitrogens with zero attached hydrogens (tertiary/aromatic N) is 2. The minimum atomic E-state index is -4.00. The molecule has 200 valence electrons. The number of carbonyl (C=O) groups excluding carboxylic acids is 1. The zero-order valence-electron chi connectivity index (χ0n) is 21.7. The van der Waals surface area contributed by atoms with Crippen molar-refractivity contribution in [2.75, 3.05) is 26.7 Å². The molecule has 0 fully saturated rings. The van der Waals surface area contributed by atoms with E-state index in [-0.39, 0.29) is 48.3 Å². The number of hydrogen-bond donors (Lipinski definition) is 2. The number of carbonyl (C=O) groups is 1. The van der Waals surface area contributed by atoms with E-state index in [9.17, 15) is 22.7 Å². The predicted molar refractivity (Wildman–Crippen MR) is 139 cm³/mol. The van der Waals surface area contributed by atoms with Gasteiger partial charge in [0.25, 0.3) is 0 Å². The molecule has 0 radical (unpaired) electrons. The van der Waals surface area contributed by atoms with E-state index in [1.165, 1.54) is 27.4 Å². The normalized spacial score (nSPS) is 19.9. The zero-order valence-corrected chi connectivity index (χ0v) is 22.5. The van der Waals surface area contributed by atoms with Crippen LogP contribution in [0, 0.1) is 23.6 Å². The van der Waals surface area contributed by atoms with Gasteiger partial charge in [-0.25, -0.2) is 17.6 Å². The minimum Gasteiger partial charge on any atom is -0.487 e. The molecule has 0 unspecified atom stereocenters. The van der Waals surface area contributed by atoms with Crippen LogP contribution in [0.15, 0.2) is 47.4 Å². The van der Waals surface area contributed by atoms with Gasteiger partial charge in [-0.15, -0.1) is 0 Å². The monoisotopic (exact) mass is 531 g/mol. The molecular weight excluding hydrogens is 497 g/mol. The van der Waals surface area contributed by atoms with Gasteiger partial charge in [0.15, 0.2) is 0 Å². The lowest BCUT2D eigenvalue weighted by Gasteiger charge is -2.37. The third kappa shape index (κ3) is 7.01. The van der Waals surface area contributed by atoms with Gasteiger partial charge in [-0.3, -0.25) is 0 Å². The van der Waals surface area contributed by atoms with E-state index in [0.29, 0.717) is 11.1 Å². The quantitative estimate of drug-likeness (QED) is 0.578. The summed E-state index contributed by atoms with van der Waals surface area (Å²) in [5.74, 6) is 5.21. The molecule has 0 aliphatic carbocycles. The second-order valence-corrected chi connectivity index (χ2v) is 11.5. The van der Waals surface area contributed by atoms with E-state index >= 15 is 0 Å². The third-order valence-corrected chi connectivity index (χ3v) is 8.08. The first-order valence-electron chi connectivity index (χ1n) is 12.1. The van der Waals surface area contributed by atoms with Crippen LogP contribution in [-0.2, 0) is 10.0 Å². The summed E-state index contributed by atoms with van der Waals surface area (Å²) < 4.78 is 48.2. The summed E-state index contributed by atoms with van der Waals surface area (Å²) in [7, 11) is -2.35. The fourth-order valence-electron chi connectivity index (χ4n) is 3.94. The number of urea groups is 1. The molecule has 0 saturated heterocycles. The van der Waals surface area contributed by atoms with Gasteiger partial charge in [-0.1, -0.05) is 24.8 Å². The van der Waals surface area contributed by atoms with Crippen LogP contribution in [0.2, 0.25) is 0 Å². The highest BCUT2D eigenvalue weighted by Crippen LogP contribution is 2.34. The summed E-state index contributed by atoms with van der Waals surface area (Å²) in [5.41, 5.74) is 0.963. The van der Waals surface area contributed by atoms with E-state index in [0.717, 1.165) is 0 Å². The molecule has 1 aliphatic rings. The Morgan fingerprint density at radius 2 is 1.89 bits per heavy atom. The number of sulfonamides is 1. The second kappa shape index (κ2) is 11.9. The molecule has 37 heavy (non-hydrogen) atoms. The molecule has 2 N–H and O–H groups in total. The van der Waals surface area contributed by atoms with Gasteiger partial charge in [0.2, 0.25) is 10.0 Å². The lowest BCUT2D eigenvalue weighted by molar-refractivity contribution is 0.0809. The van der Waals surface area contributed by atoms with E-state index in [1.807, 2.05) is 20.8 Å².